The summed E-state index contributed by atoms with van der Waals surface area (Å²) in [4.78, 5) is 4.72. The molecule has 130 valence electrons. The van der Waals surface area contributed by atoms with Crippen LogP contribution < -0.4 is 0 Å². The third-order valence-electron chi connectivity index (χ3n) is 4.50. The second-order valence-corrected chi connectivity index (χ2v) is 6.54. The van der Waals surface area contributed by atoms with Crippen molar-refractivity contribution in [1.29, 1.82) is 0 Å². The first-order valence-corrected chi connectivity index (χ1v) is 8.54. The van der Waals surface area contributed by atoms with Gasteiger partial charge in [0.05, 0.1) is 24.3 Å². The fourth-order valence-corrected chi connectivity index (χ4v) is 3.53. The van der Waals surface area contributed by atoms with Crippen LogP contribution in [-0.4, -0.2) is 30.2 Å². The molecule has 0 atom stereocenters. The highest BCUT2D eigenvalue weighted by Crippen LogP contribution is 2.36. The Morgan fingerprint density at radius 3 is 2.38 bits per heavy atom. The van der Waals surface area contributed by atoms with E-state index in [9.17, 15) is 0 Å². The quantitative estimate of drug-likeness (QED) is 0.613. The fourth-order valence-electron chi connectivity index (χ4n) is 3.53. The van der Waals surface area contributed by atoms with Gasteiger partial charge in [-0.15, -0.1) is 10.2 Å². The summed E-state index contributed by atoms with van der Waals surface area (Å²) in [5.74, 6) is 0.630. The third-order valence-corrected chi connectivity index (χ3v) is 4.50. The van der Waals surface area contributed by atoms with Gasteiger partial charge in [0.2, 0.25) is 0 Å². The Bertz CT molecular complexity index is 1010. The zero-order valence-electron chi connectivity index (χ0n) is 15.1. The lowest BCUT2D eigenvalue weighted by atomic mass is 9.94. The van der Waals surface area contributed by atoms with Gasteiger partial charge < -0.3 is 4.57 Å². The van der Waals surface area contributed by atoms with Gasteiger partial charge in [0.25, 0.3) is 0 Å². The van der Waals surface area contributed by atoms with Crippen LogP contribution in [0.2, 0.25) is 0 Å². The van der Waals surface area contributed by atoms with Crippen molar-refractivity contribution in [3.05, 3.63) is 71.3 Å². The van der Waals surface area contributed by atoms with Crippen LogP contribution in [0.25, 0.3) is 22.5 Å². The van der Waals surface area contributed by atoms with Crippen molar-refractivity contribution in [3.8, 4) is 22.5 Å². The molecule has 0 aliphatic rings. The van der Waals surface area contributed by atoms with Gasteiger partial charge in [0.1, 0.15) is 0 Å². The molecule has 26 heavy (non-hydrogen) atoms. The maximum atomic E-state index is 4.72. The van der Waals surface area contributed by atoms with Crippen LogP contribution in [0, 0.1) is 20.8 Å². The summed E-state index contributed by atoms with van der Waals surface area (Å²) < 4.78 is 2.10. The van der Waals surface area contributed by atoms with Gasteiger partial charge in [0, 0.05) is 11.1 Å². The van der Waals surface area contributed by atoms with Crippen molar-refractivity contribution in [2.24, 2.45) is 0 Å². The van der Waals surface area contributed by atoms with Crippen molar-refractivity contribution in [2.75, 3.05) is 0 Å². The lowest BCUT2D eigenvalue weighted by Crippen LogP contribution is -2.05. The number of H-pyrrole nitrogens is 1. The highest BCUT2D eigenvalue weighted by molar-refractivity contribution is 5.82. The summed E-state index contributed by atoms with van der Waals surface area (Å²) >= 11 is 0. The highest BCUT2D eigenvalue weighted by atomic mass is 15.5. The Labute approximate surface area is 151 Å². The molecule has 6 nitrogen and oxygen atoms in total. The van der Waals surface area contributed by atoms with Crippen molar-refractivity contribution < 1.29 is 0 Å². The highest BCUT2D eigenvalue weighted by Gasteiger charge is 2.19. The summed E-state index contributed by atoms with van der Waals surface area (Å²) in [6.07, 6.45) is 1.85. The minimum Gasteiger partial charge on any atom is -0.322 e. The third kappa shape index (κ3) is 2.90. The predicted octanol–water partition coefficient (Wildman–Crippen LogP) is 3.70. The van der Waals surface area contributed by atoms with Crippen LogP contribution in [0.4, 0.5) is 0 Å². The minimum absolute atomic E-state index is 0.512. The lowest BCUT2D eigenvalue weighted by Gasteiger charge is -2.15. The smallest absolute Gasteiger partial charge is 0.194 e. The number of imidazole rings is 1. The van der Waals surface area contributed by atoms with E-state index in [1.54, 1.807) is 0 Å². The zero-order valence-corrected chi connectivity index (χ0v) is 15.1. The van der Waals surface area contributed by atoms with E-state index >= 15 is 0 Å². The number of aromatic nitrogens is 6. The summed E-state index contributed by atoms with van der Waals surface area (Å²) in [5, 5.41) is 14.4. The van der Waals surface area contributed by atoms with Crippen LogP contribution in [0.1, 0.15) is 22.5 Å². The van der Waals surface area contributed by atoms with E-state index in [1.807, 2.05) is 24.5 Å². The molecule has 0 fully saturated rings. The van der Waals surface area contributed by atoms with Gasteiger partial charge in [-0.2, -0.15) is 5.21 Å². The number of hydrogen-bond acceptors (Lipinski definition) is 4. The molecule has 0 aliphatic carbocycles. The molecule has 0 radical (unpaired) electrons. The number of aryl methyl sites for hydroxylation is 3. The molecule has 2 aromatic carbocycles. The molecule has 0 saturated heterocycles. The van der Waals surface area contributed by atoms with Gasteiger partial charge >= 0.3 is 0 Å². The molecular weight excluding hydrogens is 324 g/mol. The van der Waals surface area contributed by atoms with E-state index in [2.05, 4.69) is 70.2 Å². The van der Waals surface area contributed by atoms with E-state index in [0.717, 1.165) is 17.0 Å². The Balaban J connectivity index is 1.94. The van der Waals surface area contributed by atoms with Gasteiger partial charge in [-0.1, -0.05) is 53.2 Å². The first-order chi connectivity index (χ1) is 12.6. The molecule has 0 spiro atoms. The van der Waals surface area contributed by atoms with Gasteiger partial charge in [-0.25, -0.2) is 4.98 Å². The van der Waals surface area contributed by atoms with E-state index in [4.69, 9.17) is 4.98 Å². The van der Waals surface area contributed by atoms with Crippen LogP contribution in [0.5, 0.6) is 0 Å². The number of nitrogens with zero attached hydrogens (tertiary/aromatic N) is 5. The largest absolute Gasteiger partial charge is 0.322 e. The number of nitrogens with one attached hydrogen (secondary N) is 1. The molecule has 0 aliphatic heterocycles. The molecule has 0 unspecified atom stereocenters. The van der Waals surface area contributed by atoms with Gasteiger partial charge in [0.15, 0.2) is 5.82 Å². The van der Waals surface area contributed by atoms with Crippen LogP contribution in [-0.2, 0) is 6.54 Å². The van der Waals surface area contributed by atoms with E-state index in [0.29, 0.717) is 12.4 Å². The number of benzene rings is 2. The van der Waals surface area contributed by atoms with E-state index in [1.165, 1.54) is 22.3 Å². The lowest BCUT2D eigenvalue weighted by molar-refractivity contribution is 0.751. The first-order valence-electron chi connectivity index (χ1n) is 8.54. The SMILES string of the molecule is Cc1cc(C)c(-c2c(-c3ccccc3)ncn2Cc2nn[nH]n2)c(C)c1. The maximum absolute atomic E-state index is 4.72. The molecule has 4 rings (SSSR count). The number of rotatable bonds is 4. The second kappa shape index (κ2) is 6.55. The average molecular weight is 344 g/mol. The standard InChI is InChI=1S/C20H20N6/c1-13-9-14(2)18(15(3)10-13)20-19(16-7-5-4-6-8-16)21-12-26(20)11-17-22-24-25-23-17/h4-10,12H,11H2,1-3H3,(H,22,23,24,25). The Kier molecular flexibility index (Phi) is 4.08. The summed E-state index contributed by atoms with van der Waals surface area (Å²) in [6.45, 7) is 6.93. The maximum Gasteiger partial charge on any atom is 0.194 e. The fraction of sp³-hybridized carbons (Fsp3) is 0.200. The van der Waals surface area contributed by atoms with Crippen molar-refractivity contribution >= 4 is 0 Å². The topological polar surface area (TPSA) is 72.3 Å². The van der Waals surface area contributed by atoms with Crippen LogP contribution in [0.3, 0.4) is 0 Å². The second-order valence-electron chi connectivity index (χ2n) is 6.54. The molecule has 0 saturated carbocycles. The van der Waals surface area contributed by atoms with E-state index < -0.39 is 0 Å². The average Bonchev–Trinajstić information content (AvgIpc) is 3.26. The van der Waals surface area contributed by atoms with E-state index in [-0.39, 0.29) is 0 Å². The Hall–Kier alpha value is -3.28. The van der Waals surface area contributed by atoms with Gasteiger partial charge in [-0.3, -0.25) is 0 Å². The molecule has 1 N–H and O–H groups in total. The number of hydrogen-bond donors (Lipinski definition) is 1. The predicted molar refractivity (Wildman–Crippen MR) is 101 cm³/mol. The molecule has 4 aromatic rings. The van der Waals surface area contributed by atoms with Crippen molar-refractivity contribution in [2.45, 2.75) is 27.3 Å². The molecule has 6 heteroatoms. The summed E-state index contributed by atoms with van der Waals surface area (Å²) in [7, 11) is 0. The number of tetrazole rings is 1. The van der Waals surface area contributed by atoms with Crippen LogP contribution in [0.15, 0.2) is 48.8 Å². The molecular formula is C20H20N6. The zero-order chi connectivity index (χ0) is 18.1. The van der Waals surface area contributed by atoms with Crippen LogP contribution >= 0.6 is 0 Å². The molecule has 0 bridgehead atoms. The monoisotopic (exact) mass is 344 g/mol. The van der Waals surface area contributed by atoms with Crippen molar-refractivity contribution in [3.63, 3.8) is 0 Å². The Morgan fingerprint density at radius 1 is 1.00 bits per heavy atom. The normalized spacial score (nSPS) is 11.0. The molecule has 2 heterocycles. The minimum atomic E-state index is 0.512. The van der Waals surface area contributed by atoms with Crippen molar-refractivity contribution in [1.82, 2.24) is 30.2 Å². The molecule has 2 aromatic heterocycles. The molecule has 0 amide bonds. The summed E-state index contributed by atoms with van der Waals surface area (Å²) in [6, 6.07) is 14.7. The summed E-state index contributed by atoms with van der Waals surface area (Å²) in [5.41, 5.74) is 8.06. The van der Waals surface area contributed by atoms with Gasteiger partial charge in [-0.05, 0) is 31.9 Å². The first kappa shape index (κ1) is 16.2. The Morgan fingerprint density at radius 2 is 1.73 bits per heavy atom. The number of aromatic amines is 1.